The number of esters is 1. The van der Waals surface area contributed by atoms with E-state index in [4.69, 9.17) is 4.74 Å². The van der Waals surface area contributed by atoms with Gasteiger partial charge in [-0.25, -0.2) is 0 Å². The monoisotopic (exact) mass is 284 g/mol. The zero-order valence-corrected chi connectivity index (χ0v) is 11.3. The molecule has 3 heteroatoms. The minimum Gasteiger partial charge on any atom is -0.466 e. The molecular weight excluding hydrogens is 268 g/mol. The van der Waals surface area contributed by atoms with Crippen molar-refractivity contribution >= 4 is 21.9 Å². The normalized spacial score (nSPS) is 12.2. The fraction of sp³-hybridized carbons (Fsp3) is 0.462. The molecule has 16 heavy (non-hydrogen) atoms. The van der Waals surface area contributed by atoms with Crippen molar-refractivity contribution in [3.63, 3.8) is 0 Å². The summed E-state index contributed by atoms with van der Waals surface area (Å²) in [7, 11) is 0. The molecule has 2 nitrogen and oxygen atoms in total. The van der Waals surface area contributed by atoms with Crippen molar-refractivity contribution in [2.24, 2.45) is 0 Å². The molecule has 88 valence electrons. The van der Waals surface area contributed by atoms with Gasteiger partial charge in [-0.2, -0.15) is 0 Å². The van der Waals surface area contributed by atoms with Crippen molar-refractivity contribution < 1.29 is 9.53 Å². The Morgan fingerprint density at radius 1 is 1.31 bits per heavy atom. The van der Waals surface area contributed by atoms with E-state index in [-0.39, 0.29) is 11.9 Å². The first-order chi connectivity index (χ1) is 7.69. The Balaban J connectivity index is 2.84. The second-order valence-corrected chi connectivity index (χ2v) is 4.56. The molecule has 0 amide bonds. The third-order valence-electron chi connectivity index (χ3n) is 2.42. The molecule has 0 fully saturated rings. The van der Waals surface area contributed by atoms with Crippen LogP contribution in [-0.2, 0) is 9.53 Å². The largest absolute Gasteiger partial charge is 0.466 e. The summed E-state index contributed by atoms with van der Waals surface area (Å²) in [5.74, 6) is -0.246. The van der Waals surface area contributed by atoms with Crippen LogP contribution in [0.15, 0.2) is 28.7 Å². The number of halogens is 1. The third kappa shape index (κ3) is 3.63. The number of carbonyl (C=O) groups excluding carboxylic acids is 1. The van der Waals surface area contributed by atoms with Crippen LogP contribution in [0.3, 0.4) is 0 Å². The highest BCUT2D eigenvalue weighted by atomic mass is 79.9. The first kappa shape index (κ1) is 13.2. The average Bonchev–Trinajstić information content (AvgIpc) is 2.28. The Hall–Kier alpha value is -0.830. The highest BCUT2D eigenvalue weighted by Gasteiger charge is 2.20. The summed E-state index contributed by atoms with van der Waals surface area (Å²) in [5.41, 5.74) is 1.03. The Labute approximate surface area is 105 Å². The van der Waals surface area contributed by atoms with Gasteiger partial charge in [-0.15, -0.1) is 0 Å². The summed E-state index contributed by atoms with van der Waals surface area (Å²) in [5, 5.41) is 0. The second-order valence-electron chi connectivity index (χ2n) is 3.64. The van der Waals surface area contributed by atoms with E-state index in [1.165, 1.54) is 0 Å². The number of hydrogen-bond donors (Lipinski definition) is 0. The van der Waals surface area contributed by atoms with Crippen LogP contribution in [0.5, 0.6) is 0 Å². The molecule has 0 N–H and O–H groups in total. The zero-order chi connectivity index (χ0) is 12.0. The standard InChI is InChI=1S/C13H17BrO2/c1-3-5-12(13(15)16-4-2)10-6-8-11(14)9-7-10/h6-9,12H,3-5H2,1-2H3. The van der Waals surface area contributed by atoms with E-state index < -0.39 is 0 Å². The maximum atomic E-state index is 11.8. The first-order valence-electron chi connectivity index (χ1n) is 5.61. The second kappa shape index (κ2) is 6.69. The summed E-state index contributed by atoms with van der Waals surface area (Å²) in [6.45, 7) is 4.35. The van der Waals surface area contributed by atoms with Crippen molar-refractivity contribution in [3.05, 3.63) is 34.3 Å². The predicted octanol–water partition coefficient (Wildman–Crippen LogP) is 3.90. The lowest BCUT2D eigenvalue weighted by Gasteiger charge is -2.15. The summed E-state index contributed by atoms with van der Waals surface area (Å²) < 4.78 is 6.11. The number of carbonyl (C=O) groups is 1. The Kier molecular flexibility index (Phi) is 5.53. The van der Waals surface area contributed by atoms with Gasteiger partial charge < -0.3 is 4.74 Å². The van der Waals surface area contributed by atoms with E-state index in [1.54, 1.807) is 0 Å². The molecule has 1 rings (SSSR count). The lowest BCUT2D eigenvalue weighted by Crippen LogP contribution is -2.15. The topological polar surface area (TPSA) is 26.3 Å². The van der Waals surface area contributed by atoms with Gasteiger partial charge in [-0.3, -0.25) is 4.79 Å². The summed E-state index contributed by atoms with van der Waals surface area (Å²) >= 11 is 3.39. The molecule has 1 aromatic carbocycles. The molecular formula is C13H17BrO2. The SMILES string of the molecule is CCCC(C(=O)OCC)c1ccc(Br)cc1. The Morgan fingerprint density at radius 3 is 2.44 bits per heavy atom. The summed E-state index contributed by atoms with van der Waals surface area (Å²) in [6, 6.07) is 7.86. The zero-order valence-electron chi connectivity index (χ0n) is 9.70. The molecule has 0 spiro atoms. The quantitative estimate of drug-likeness (QED) is 0.767. The molecule has 0 bridgehead atoms. The smallest absolute Gasteiger partial charge is 0.313 e. The van der Waals surface area contributed by atoms with Crippen molar-refractivity contribution in [3.8, 4) is 0 Å². The van der Waals surface area contributed by atoms with Gasteiger partial charge in [0.2, 0.25) is 0 Å². The molecule has 0 saturated heterocycles. The molecule has 1 atom stereocenters. The summed E-state index contributed by atoms with van der Waals surface area (Å²) in [4.78, 5) is 11.8. The molecule has 0 aromatic heterocycles. The van der Waals surface area contributed by atoms with Crippen molar-refractivity contribution in [1.29, 1.82) is 0 Å². The van der Waals surface area contributed by atoms with Gasteiger partial charge in [0.1, 0.15) is 0 Å². The maximum Gasteiger partial charge on any atom is 0.313 e. The minimum atomic E-state index is -0.127. The van der Waals surface area contributed by atoms with E-state index in [0.29, 0.717) is 6.61 Å². The third-order valence-corrected chi connectivity index (χ3v) is 2.95. The van der Waals surface area contributed by atoms with E-state index in [9.17, 15) is 4.79 Å². The maximum absolute atomic E-state index is 11.8. The van der Waals surface area contributed by atoms with Crippen LogP contribution >= 0.6 is 15.9 Å². The lowest BCUT2D eigenvalue weighted by atomic mass is 9.95. The van der Waals surface area contributed by atoms with Crippen LogP contribution in [0.4, 0.5) is 0 Å². The summed E-state index contributed by atoms with van der Waals surface area (Å²) in [6.07, 6.45) is 1.81. The Morgan fingerprint density at radius 2 is 1.94 bits per heavy atom. The predicted molar refractivity (Wildman–Crippen MR) is 68.4 cm³/mol. The number of benzene rings is 1. The molecule has 0 radical (unpaired) electrons. The fourth-order valence-electron chi connectivity index (χ4n) is 1.65. The Bertz CT molecular complexity index is 332. The van der Waals surface area contributed by atoms with Crippen LogP contribution in [-0.4, -0.2) is 12.6 Å². The van der Waals surface area contributed by atoms with Gasteiger partial charge in [-0.1, -0.05) is 41.4 Å². The van der Waals surface area contributed by atoms with Crippen LogP contribution in [0.2, 0.25) is 0 Å². The highest BCUT2D eigenvalue weighted by molar-refractivity contribution is 9.10. The average molecular weight is 285 g/mol. The van der Waals surface area contributed by atoms with E-state index >= 15 is 0 Å². The van der Waals surface area contributed by atoms with Crippen LogP contribution in [0.1, 0.15) is 38.2 Å². The van der Waals surface area contributed by atoms with Gasteiger partial charge >= 0.3 is 5.97 Å². The first-order valence-corrected chi connectivity index (χ1v) is 6.40. The molecule has 0 saturated carbocycles. The number of hydrogen-bond acceptors (Lipinski definition) is 2. The number of ether oxygens (including phenoxy) is 1. The molecule has 0 aliphatic rings. The van der Waals surface area contributed by atoms with E-state index in [1.807, 2.05) is 31.2 Å². The molecule has 1 aromatic rings. The van der Waals surface area contributed by atoms with Crippen LogP contribution in [0, 0.1) is 0 Å². The molecule has 1 unspecified atom stereocenters. The molecule has 0 heterocycles. The van der Waals surface area contributed by atoms with Crippen molar-refractivity contribution in [2.45, 2.75) is 32.6 Å². The minimum absolute atomic E-state index is 0.119. The van der Waals surface area contributed by atoms with Gasteiger partial charge in [0.25, 0.3) is 0 Å². The highest BCUT2D eigenvalue weighted by Crippen LogP contribution is 2.24. The van der Waals surface area contributed by atoms with E-state index in [0.717, 1.165) is 22.9 Å². The van der Waals surface area contributed by atoms with Gasteiger partial charge in [0.15, 0.2) is 0 Å². The van der Waals surface area contributed by atoms with Crippen molar-refractivity contribution in [1.82, 2.24) is 0 Å². The van der Waals surface area contributed by atoms with Crippen molar-refractivity contribution in [2.75, 3.05) is 6.61 Å². The van der Waals surface area contributed by atoms with Gasteiger partial charge in [0, 0.05) is 4.47 Å². The molecule has 0 aliphatic carbocycles. The van der Waals surface area contributed by atoms with E-state index in [2.05, 4.69) is 22.9 Å². The fourth-order valence-corrected chi connectivity index (χ4v) is 1.91. The number of rotatable bonds is 5. The molecule has 0 aliphatic heterocycles. The van der Waals surface area contributed by atoms with Crippen LogP contribution < -0.4 is 0 Å². The van der Waals surface area contributed by atoms with Gasteiger partial charge in [-0.05, 0) is 31.0 Å². The van der Waals surface area contributed by atoms with Gasteiger partial charge in [0.05, 0.1) is 12.5 Å². The van der Waals surface area contributed by atoms with Crippen LogP contribution in [0.25, 0.3) is 0 Å². The lowest BCUT2D eigenvalue weighted by molar-refractivity contribution is -0.145.